The molecule has 0 bridgehead atoms. The second kappa shape index (κ2) is 7.71. The number of hydrogen-bond donors (Lipinski definition) is 1. The lowest BCUT2D eigenvalue weighted by Crippen LogP contribution is -2.32. The first-order valence-electron chi connectivity index (χ1n) is 7.00. The van der Waals surface area contributed by atoms with Crippen molar-refractivity contribution in [3.8, 4) is 11.5 Å². The lowest BCUT2D eigenvalue weighted by molar-refractivity contribution is -0.122. The van der Waals surface area contributed by atoms with Crippen LogP contribution in [0.2, 0.25) is 5.02 Å². The molecule has 116 valence electrons. The maximum absolute atomic E-state index is 12.4. The molecular formula is C17H18ClNO3. The van der Waals surface area contributed by atoms with Crippen LogP contribution >= 0.6 is 11.6 Å². The molecule has 1 atom stereocenters. The Balaban J connectivity index is 2.11. The number of hydrogen-bond acceptors (Lipinski definition) is 3. The Kier molecular flexibility index (Phi) is 5.67. The minimum absolute atomic E-state index is 0.244. The summed E-state index contributed by atoms with van der Waals surface area (Å²) >= 11 is 6.06. The molecule has 0 radical (unpaired) electrons. The number of para-hydroxylation sites is 3. The van der Waals surface area contributed by atoms with Crippen molar-refractivity contribution >= 4 is 23.2 Å². The molecule has 22 heavy (non-hydrogen) atoms. The summed E-state index contributed by atoms with van der Waals surface area (Å²) < 4.78 is 10.9. The first kappa shape index (κ1) is 16.2. The predicted octanol–water partition coefficient (Wildman–Crippen LogP) is 4.14. The average Bonchev–Trinajstić information content (AvgIpc) is 2.54. The van der Waals surface area contributed by atoms with Crippen LogP contribution in [-0.2, 0) is 4.79 Å². The van der Waals surface area contributed by atoms with E-state index in [1.165, 1.54) is 0 Å². The van der Waals surface area contributed by atoms with Gasteiger partial charge in [0.1, 0.15) is 11.5 Å². The summed E-state index contributed by atoms with van der Waals surface area (Å²) in [6, 6.07) is 14.3. The van der Waals surface area contributed by atoms with Gasteiger partial charge in [-0.05, 0) is 30.7 Å². The fraction of sp³-hybridized carbons (Fsp3) is 0.235. The molecule has 2 rings (SSSR count). The Morgan fingerprint density at radius 3 is 2.41 bits per heavy atom. The normalized spacial score (nSPS) is 11.6. The standard InChI is InChI=1S/C17H18ClNO3/c1-3-14(22-15-10-6-4-8-12(15)18)17(20)19-13-9-5-7-11-16(13)21-2/h4-11,14H,3H2,1-2H3,(H,19,20). The molecule has 1 unspecified atom stereocenters. The van der Waals surface area contributed by atoms with Crippen molar-refractivity contribution in [2.75, 3.05) is 12.4 Å². The van der Waals surface area contributed by atoms with E-state index in [1.807, 2.05) is 31.2 Å². The minimum Gasteiger partial charge on any atom is -0.495 e. The number of rotatable bonds is 6. The van der Waals surface area contributed by atoms with Gasteiger partial charge in [-0.3, -0.25) is 4.79 Å². The Hall–Kier alpha value is -2.20. The molecule has 0 aliphatic heterocycles. The molecule has 0 aromatic heterocycles. The second-order valence-electron chi connectivity index (χ2n) is 4.63. The van der Waals surface area contributed by atoms with Crippen LogP contribution in [0.5, 0.6) is 11.5 Å². The molecule has 4 nitrogen and oxygen atoms in total. The van der Waals surface area contributed by atoms with Crippen molar-refractivity contribution in [3.05, 3.63) is 53.6 Å². The topological polar surface area (TPSA) is 47.6 Å². The summed E-state index contributed by atoms with van der Waals surface area (Å²) in [6.07, 6.45) is -0.114. The lowest BCUT2D eigenvalue weighted by atomic mass is 10.2. The number of carbonyl (C=O) groups excluding carboxylic acids is 1. The summed E-state index contributed by atoms with van der Waals surface area (Å²) in [5, 5.41) is 3.30. The van der Waals surface area contributed by atoms with Crippen molar-refractivity contribution in [3.63, 3.8) is 0 Å². The lowest BCUT2D eigenvalue weighted by Gasteiger charge is -2.18. The van der Waals surface area contributed by atoms with Gasteiger partial charge >= 0.3 is 0 Å². The third-order valence-corrected chi connectivity index (χ3v) is 3.45. The number of halogens is 1. The molecule has 0 spiro atoms. The fourth-order valence-electron chi connectivity index (χ4n) is 1.98. The Bertz CT molecular complexity index is 645. The van der Waals surface area contributed by atoms with Gasteiger partial charge < -0.3 is 14.8 Å². The number of nitrogens with one attached hydrogen (secondary N) is 1. The monoisotopic (exact) mass is 319 g/mol. The van der Waals surface area contributed by atoms with E-state index in [-0.39, 0.29) is 5.91 Å². The van der Waals surface area contributed by atoms with Crippen molar-refractivity contribution in [2.24, 2.45) is 0 Å². The first-order chi connectivity index (χ1) is 10.7. The van der Waals surface area contributed by atoms with Crippen molar-refractivity contribution in [1.82, 2.24) is 0 Å². The SMILES string of the molecule is CCC(Oc1ccccc1Cl)C(=O)Nc1ccccc1OC. The zero-order valence-corrected chi connectivity index (χ0v) is 13.3. The molecular weight excluding hydrogens is 302 g/mol. The maximum atomic E-state index is 12.4. The van der Waals surface area contributed by atoms with Gasteiger partial charge in [0.15, 0.2) is 6.10 Å². The van der Waals surface area contributed by atoms with Gasteiger partial charge in [0, 0.05) is 0 Å². The van der Waals surface area contributed by atoms with Gasteiger partial charge in [-0.25, -0.2) is 0 Å². The van der Waals surface area contributed by atoms with Crippen LogP contribution in [0.1, 0.15) is 13.3 Å². The molecule has 2 aromatic carbocycles. The molecule has 1 amide bonds. The average molecular weight is 320 g/mol. The van der Waals surface area contributed by atoms with E-state index >= 15 is 0 Å². The molecule has 0 saturated carbocycles. The van der Waals surface area contributed by atoms with E-state index in [0.717, 1.165) is 0 Å². The van der Waals surface area contributed by atoms with Crippen LogP contribution < -0.4 is 14.8 Å². The molecule has 2 aromatic rings. The third-order valence-electron chi connectivity index (χ3n) is 3.13. The summed E-state index contributed by atoms with van der Waals surface area (Å²) in [5.41, 5.74) is 0.608. The van der Waals surface area contributed by atoms with Gasteiger partial charge in [-0.1, -0.05) is 42.8 Å². The molecule has 0 aliphatic rings. The number of anilines is 1. The first-order valence-corrected chi connectivity index (χ1v) is 7.38. The molecule has 1 N–H and O–H groups in total. The van der Waals surface area contributed by atoms with E-state index in [4.69, 9.17) is 21.1 Å². The number of carbonyl (C=O) groups is 1. The van der Waals surface area contributed by atoms with Crippen LogP contribution in [0.3, 0.4) is 0 Å². The van der Waals surface area contributed by atoms with Crippen LogP contribution in [0.15, 0.2) is 48.5 Å². The smallest absolute Gasteiger partial charge is 0.265 e. The molecule has 0 aliphatic carbocycles. The van der Waals surface area contributed by atoms with Gasteiger partial charge in [-0.15, -0.1) is 0 Å². The molecule has 5 heteroatoms. The van der Waals surface area contributed by atoms with Crippen molar-refractivity contribution < 1.29 is 14.3 Å². The van der Waals surface area contributed by atoms with Gasteiger partial charge in [-0.2, -0.15) is 0 Å². The summed E-state index contributed by atoms with van der Waals surface area (Å²) in [4.78, 5) is 12.4. The summed E-state index contributed by atoms with van der Waals surface area (Å²) in [5.74, 6) is 0.849. The maximum Gasteiger partial charge on any atom is 0.265 e. The molecule has 0 saturated heterocycles. The Morgan fingerprint density at radius 2 is 1.77 bits per heavy atom. The number of ether oxygens (including phenoxy) is 2. The summed E-state index contributed by atoms with van der Waals surface area (Å²) in [6.45, 7) is 1.88. The van der Waals surface area contributed by atoms with E-state index in [1.54, 1.807) is 31.4 Å². The minimum atomic E-state index is -0.634. The predicted molar refractivity (Wildman–Crippen MR) is 87.8 cm³/mol. The molecule has 0 heterocycles. The highest BCUT2D eigenvalue weighted by atomic mass is 35.5. The van der Waals surface area contributed by atoms with Gasteiger partial charge in [0.05, 0.1) is 17.8 Å². The Labute approximate surface area is 135 Å². The highest BCUT2D eigenvalue weighted by Crippen LogP contribution is 2.26. The number of amides is 1. The van der Waals surface area contributed by atoms with Crippen molar-refractivity contribution in [1.29, 1.82) is 0 Å². The number of methoxy groups -OCH3 is 1. The summed E-state index contributed by atoms with van der Waals surface area (Å²) in [7, 11) is 1.56. The Morgan fingerprint density at radius 1 is 1.14 bits per heavy atom. The van der Waals surface area contributed by atoms with Crippen LogP contribution in [0, 0.1) is 0 Å². The van der Waals surface area contributed by atoms with E-state index in [0.29, 0.717) is 28.6 Å². The number of benzene rings is 2. The van der Waals surface area contributed by atoms with E-state index in [2.05, 4.69) is 5.32 Å². The van der Waals surface area contributed by atoms with Crippen LogP contribution in [-0.4, -0.2) is 19.1 Å². The zero-order valence-electron chi connectivity index (χ0n) is 12.5. The zero-order chi connectivity index (χ0) is 15.9. The van der Waals surface area contributed by atoms with E-state index in [9.17, 15) is 4.79 Å². The second-order valence-corrected chi connectivity index (χ2v) is 5.04. The van der Waals surface area contributed by atoms with Crippen LogP contribution in [0.25, 0.3) is 0 Å². The highest BCUT2D eigenvalue weighted by Gasteiger charge is 2.20. The van der Waals surface area contributed by atoms with E-state index < -0.39 is 6.10 Å². The quantitative estimate of drug-likeness (QED) is 0.870. The fourth-order valence-corrected chi connectivity index (χ4v) is 2.16. The largest absolute Gasteiger partial charge is 0.495 e. The third kappa shape index (κ3) is 3.92. The molecule has 0 fully saturated rings. The van der Waals surface area contributed by atoms with Crippen LogP contribution in [0.4, 0.5) is 5.69 Å². The van der Waals surface area contributed by atoms with Gasteiger partial charge in [0.2, 0.25) is 0 Å². The van der Waals surface area contributed by atoms with Gasteiger partial charge in [0.25, 0.3) is 5.91 Å². The van der Waals surface area contributed by atoms with Crippen molar-refractivity contribution in [2.45, 2.75) is 19.4 Å². The highest BCUT2D eigenvalue weighted by molar-refractivity contribution is 6.32.